The summed E-state index contributed by atoms with van der Waals surface area (Å²) in [6.07, 6.45) is 64.5. The van der Waals surface area contributed by atoms with Gasteiger partial charge in [0, 0.05) is 19.3 Å². The summed E-state index contributed by atoms with van der Waals surface area (Å²) < 4.78 is 16.8. The second kappa shape index (κ2) is 51.5. The van der Waals surface area contributed by atoms with E-state index in [0.29, 0.717) is 19.3 Å². The molecule has 0 aromatic rings. The Morgan fingerprint density at radius 1 is 0.349 bits per heavy atom. The van der Waals surface area contributed by atoms with Crippen molar-refractivity contribution in [3.8, 4) is 0 Å². The van der Waals surface area contributed by atoms with Crippen LogP contribution in [0.25, 0.3) is 0 Å². The largest absolute Gasteiger partial charge is 0.462 e. The number of unbranched alkanes of at least 4 members (excludes halogenated alkanes) is 25. The van der Waals surface area contributed by atoms with Crippen molar-refractivity contribution < 1.29 is 28.6 Å². The van der Waals surface area contributed by atoms with Crippen LogP contribution in [0.2, 0.25) is 0 Å². The van der Waals surface area contributed by atoms with Crippen LogP contribution in [-0.4, -0.2) is 37.2 Å². The van der Waals surface area contributed by atoms with E-state index in [-0.39, 0.29) is 31.1 Å². The minimum Gasteiger partial charge on any atom is -0.462 e. The van der Waals surface area contributed by atoms with E-state index in [9.17, 15) is 14.4 Å². The molecule has 0 N–H and O–H groups in total. The highest BCUT2D eigenvalue weighted by atomic mass is 16.6. The first-order valence-corrected chi connectivity index (χ1v) is 26.5. The van der Waals surface area contributed by atoms with Crippen LogP contribution < -0.4 is 0 Å². The zero-order chi connectivity index (χ0) is 45.8. The van der Waals surface area contributed by atoms with Crippen molar-refractivity contribution in [1.29, 1.82) is 0 Å². The Morgan fingerprint density at radius 2 is 0.667 bits per heavy atom. The Morgan fingerprint density at radius 3 is 1.08 bits per heavy atom. The predicted octanol–water partition coefficient (Wildman–Crippen LogP) is 17.4. The quantitative estimate of drug-likeness (QED) is 0.0199. The van der Waals surface area contributed by atoms with Crippen LogP contribution in [0.4, 0.5) is 0 Å². The lowest BCUT2D eigenvalue weighted by molar-refractivity contribution is -0.167. The topological polar surface area (TPSA) is 78.9 Å². The summed E-state index contributed by atoms with van der Waals surface area (Å²) in [6, 6.07) is 0. The zero-order valence-electron chi connectivity index (χ0n) is 41.3. The summed E-state index contributed by atoms with van der Waals surface area (Å²) in [7, 11) is 0. The van der Waals surface area contributed by atoms with Gasteiger partial charge >= 0.3 is 17.9 Å². The standard InChI is InChI=1S/C57H98O6/c1-4-7-10-13-16-19-22-25-27-28-29-30-31-33-35-38-41-44-47-50-56(59)62-53-54(52-61-55(58)49-46-43-40-37-34-24-21-18-15-12-9-6-3)63-57(60)51-48-45-42-39-36-32-26-23-20-17-14-11-8-5-2/h8,11,16-22,25-26,32,54H,4-7,9-10,12-15,23-24,27-31,33-53H2,1-3H3/b11-8-,19-16-,20-17-,21-18-,25-22-,32-26-. The van der Waals surface area contributed by atoms with Gasteiger partial charge in [0.1, 0.15) is 13.2 Å². The first-order chi connectivity index (χ1) is 31.0. The van der Waals surface area contributed by atoms with Gasteiger partial charge in [0.05, 0.1) is 0 Å². The van der Waals surface area contributed by atoms with Gasteiger partial charge in [-0.05, 0) is 103 Å². The molecule has 1 unspecified atom stereocenters. The van der Waals surface area contributed by atoms with Crippen molar-refractivity contribution >= 4 is 17.9 Å². The van der Waals surface area contributed by atoms with Crippen LogP contribution in [0, 0.1) is 0 Å². The fourth-order valence-corrected chi connectivity index (χ4v) is 7.21. The third kappa shape index (κ3) is 49.7. The number of esters is 3. The molecule has 0 fully saturated rings. The maximum Gasteiger partial charge on any atom is 0.306 e. The van der Waals surface area contributed by atoms with Gasteiger partial charge in [-0.1, -0.05) is 203 Å². The summed E-state index contributed by atoms with van der Waals surface area (Å²) >= 11 is 0. The molecule has 6 nitrogen and oxygen atoms in total. The molecule has 0 saturated heterocycles. The fraction of sp³-hybridized carbons (Fsp3) is 0.737. The summed E-state index contributed by atoms with van der Waals surface area (Å²) in [4.78, 5) is 38.0. The highest BCUT2D eigenvalue weighted by Crippen LogP contribution is 2.14. The van der Waals surface area contributed by atoms with Crippen LogP contribution in [0.3, 0.4) is 0 Å². The number of allylic oxidation sites excluding steroid dienone is 12. The van der Waals surface area contributed by atoms with Gasteiger partial charge in [-0.25, -0.2) is 0 Å². The Bertz CT molecular complexity index is 1190. The summed E-state index contributed by atoms with van der Waals surface area (Å²) in [5.74, 6) is -0.922. The van der Waals surface area contributed by atoms with E-state index in [1.54, 1.807) is 0 Å². The zero-order valence-corrected chi connectivity index (χ0v) is 41.3. The molecule has 0 aliphatic heterocycles. The van der Waals surface area contributed by atoms with Crippen LogP contribution >= 0.6 is 0 Å². The average molecular weight is 879 g/mol. The third-order valence-corrected chi connectivity index (χ3v) is 11.2. The van der Waals surface area contributed by atoms with Crippen molar-refractivity contribution in [2.24, 2.45) is 0 Å². The molecule has 0 amide bonds. The van der Waals surface area contributed by atoms with Crippen molar-refractivity contribution in [3.63, 3.8) is 0 Å². The maximum absolute atomic E-state index is 12.8. The molecule has 0 heterocycles. The van der Waals surface area contributed by atoms with E-state index in [1.165, 1.54) is 116 Å². The number of hydrogen-bond donors (Lipinski definition) is 0. The Kier molecular flexibility index (Phi) is 48.9. The van der Waals surface area contributed by atoms with Gasteiger partial charge in [-0.15, -0.1) is 0 Å². The summed E-state index contributed by atoms with van der Waals surface area (Å²) in [5, 5.41) is 0. The lowest BCUT2D eigenvalue weighted by Gasteiger charge is -2.18. The van der Waals surface area contributed by atoms with Gasteiger partial charge in [-0.3, -0.25) is 14.4 Å². The van der Waals surface area contributed by atoms with E-state index in [0.717, 1.165) is 96.3 Å². The lowest BCUT2D eigenvalue weighted by atomic mass is 10.1. The van der Waals surface area contributed by atoms with Crippen LogP contribution in [0.5, 0.6) is 0 Å². The van der Waals surface area contributed by atoms with Crippen LogP contribution in [0.15, 0.2) is 72.9 Å². The minimum atomic E-state index is -0.791. The second-order valence-corrected chi connectivity index (χ2v) is 17.4. The summed E-state index contributed by atoms with van der Waals surface area (Å²) in [6.45, 7) is 6.45. The number of ether oxygens (including phenoxy) is 3. The minimum absolute atomic E-state index is 0.0890. The highest BCUT2D eigenvalue weighted by Gasteiger charge is 2.19. The summed E-state index contributed by atoms with van der Waals surface area (Å²) in [5.41, 5.74) is 0. The SMILES string of the molecule is CC/C=C\C/C=C\C/C=C\CCCCCCC(=O)OC(COC(=O)CCCCCCC/C=C\CCCCC)COC(=O)CCCCCCCCCCCC/C=C\C=C/CCCCC. The van der Waals surface area contributed by atoms with Gasteiger partial charge in [0.2, 0.25) is 0 Å². The van der Waals surface area contributed by atoms with Crippen molar-refractivity contribution in [3.05, 3.63) is 72.9 Å². The molecule has 0 aromatic heterocycles. The Balaban J connectivity index is 4.38. The molecular formula is C57H98O6. The smallest absolute Gasteiger partial charge is 0.306 e. The first-order valence-electron chi connectivity index (χ1n) is 26.5. The second-order valence-electron chi connectivity index (χ2n) is 17.4. The average Bonchev–Trinajstić information content (AvgIpc) is 3.28. The molecule has 0 aliphatic rings. The van der Waals surface area contributed by atoms with E-state index in [2.05, 4.69) is 93.7 Å². The number of carbonyl (C=O) groups is 3. The predicted molar refractivity (Wildman–Crippen MR) is 270 cm³/mol. The van der Waals surface area contributed by atoms with Gasteiger partial charge in [-0.2, -0.15) is 0 Å². The third-order valence-electron chi connectivity index (χ3n) is 11.2. The Labute approximate surface area is 389 Å². The maximum atomic E-state index is 12.8. The van der Waals surface area contributed by atoms with E-state index < -0.39 is 6.10 Å². The normalized spacial score (nSPS) is 12.6. The van der Waals surface area contributed by atoms with Crippen molar-refractivity contribution in [2.75, 3.05) is 13.2 Å². The molecule has 362 valence electrons. The number of hydrogen-bond acceptors (Lipinski definition) is 6. The van der Waals surface area contributed by atoms with E-state index >= 15 is 0 Å². The molecule has 0 saturated carbocycles. The first kappa shape index (κ1) is 59.9. The van der Waals surface area contributed by atoms with E-state index in [1.807, 2.05) is 0 Å². The number of carbonyl (C=O) groups excluding carboxylic acids is 3. The molecule has 0 spiro atoms. The van der Waals surface area contributed by atoms with Crippen molar-refractivity contribution in [1.82, 2.24) is 0 Å². The van der Waals surface area contributed by atoms with Gasteiger partial charge < -0.3 is 14.2 Å². The van der Waals surface area contributed by atoms with Crippen molar-refractivity contribution in [2.45, 2.75) is 258 Å². The van der Waals surface area contributed by atoms with Crippen LogP contribution in [0.1, 0.15) is 252 Å². The molecule has 0 radical (unpaired) electrons. The molecule has 0 aromatic carbocycles. The van der Waals surface area contributed by atoms with Gasteiger partial charge in [0.15, 0.2) is 6.10 Å². The Hall–Kier alpha value is -3.15. The van der Waals surface area contributed by atoms with E-state index in [4.69, 9.17) is 14.2 Å². The molecule has 0 bridgehead atoms. The fourth-order valence-electron chi connectivity index (χ4n) is 7.21. The molecule has 63 heavy (non-hydrogen) atoms. The molecule has 0 rings (SSSR count). The molecule has 0 aliphatic carbocycles. The highest BCUT2D eigenvalue weighted by molar-refractivity contribution is 5.71. The number of rotatable bonds is 47. The molecular weight excluding hydrogens is 781 g/mol. The van der Waals surface area contributed by atoms with Crippen LogP contribution in [-0.2, 0) is 28.6 Å². The van der Waals surface area contributed by atoms with Gasteiger partial charge in [0.25, 0.3) is 0 Å². The molecule has 1 atom stereocenters. The monoisotopic (exact) mass is 879 g/mol. The molecule has 6 heteroatoms. The lowest BCUT2D eigenvalue weighted by Crippen LogP contribution is -2.30.